The smallest absolute Gasteiger partial charge is 0.247 e. The molecule has 0 spiro atoms. The molecule has 10 heteroatoms. The second kappa shape index (κ2) is 9.59. The number of nitrogens with one attached hydrogen (secondary N) is 3. The van der Waals surface area contributed by atoms with Crippen molar-refractivity contribution in [2.24, 2.45) is 0 Å². The lowest BCUT2D eigenvalue weighted by atomic mass is 10.1. The summed E-state index contributed by atoms with van der Waals surface area (Å²) in [4.78, 5) is 20.2. The topological polar surface area (TPSA) is 106 Å². The number of ether oxygens (including phenoxy) is 1. The van der Waals surface area contributed by atoms with Crippen molar-refractivity contribution in [1.82, 2.24) is 19.7 Å². The predicted molar refractivity (Wildman–Crippen MR) is 120 cm³/mol. The standard InChI is InChI=1S/C21H22ClN7O2/c1-2-19(30)25-14-4-3-5-15(10-14)26-20-18(22)12-23-21(28-20)27-16-11-24-29(13-16)17-6-8-31-9-7-17/h2-5,10-13,17H,1,6-9H2,(H,25,30)(H2,23,26,27,28). The Hall–Kier alpha value is -3.43. The molecule has 1 aromatic carbocycles. The minimum atomic E-state index is -0.287. The van der Waals surface area contributed by atoms with Crippen molar-refractivity contribution in [1.29, 1.82) is 0 Å². The Morgan fingerprint density at radius 1 is 1.19 bits per heavy atom. The number of carbonyl (C=O) groups excluding carboxylic acids is 1. The van der Waals surface area contributed by atoms with Gasteiger partial charge in [-0.05, 0) is 37.1 Å². The van der Waals surface area contributed by atoms with E-state index in [1.54, 1.807) is 24.4 Å². The molecule has 0 unspecified atom stereocenters. The van der Waals surface area contributed by atoms with Gasteiger partial charge in [-0.2, -0.15) is 10.1 Å². The second-order valence-corrected chi connectivity index (χ2v) is 7.37. The molecule has 3 N–H and O–H groups in total. The van der Waals surface area contributed by atoms with E-state index in [0.717, 1.165) is 31.7 Å². The van der Waals surface area contributed by atoms with Gasteiger partial charge in [0.25, 0.3) is 0 Å². The second-order valence-electron chi connectivity index (χ2n) is 6.97. The molecule has 0 bridgehead atoms. The Labute approximate surface area is 184 Å². The van der Waals surface area contributed by atoms with Crippen LogP contribution in [0.15, 0.2) is 55.5 Å². The molecule has 0 aliphatic carbocycles. The Bertz CT molecular complexity index is 1080. The highest BCUT2D eigenvalue weighted by Gasteiger charge is 2.17. The number of nitrogens with zero attached hydrogens (tertiary/aromatic N) is 4. The van der Waals surface area contributed by atoms with Gasteiger partial charge in [-0.1, -0.05) is 24.2 Å². The molecule has 0 saturated carbocycles. The minimum Gasteiger partial charge on any atom is -0.381 e. The molecule has 0 radical (unpaired) electrons. The third kappa shape index (κ3) is 5.39. The molecule has 9 nitrogen and oxygen atoms in total. The van der Waals surface area contributed by atoms with Crippen LogP contribution in [0.2, 0.25) is 5.02 Å². The van der Waals surface area contributed by atoms with Gasteiger partial charge in [-0.15, -0.1) is 0 Å². The van der Waals surface area contributed by atoms with Gasteiger partial charge in [0.1, 0.15) is 5.02 Å². The number of amides is 1. The minimum absolute atomic E-state index is 0.287. The summed E-state index contributed by atoms with van der Waals surface area (Å²) in [5.41, 5.74) is 2.12. The van der Waals surface area contributed by atoms with Crippen molar-refractivity contribution in [2.75, 3.05) is 29.2 Å². The molecule has 3 heterocycles. The SMILES string of the molecule is C=CC(=O)Nc1cccc(Nc2nc(Nc3cnn(C4CCOCC4)c3)ncc2Cl)c1. The normalized spacial score (nSPS) is 14.1. The van der Waals surface area contributed by atoms with Gasteiger partial charge in [0.2, 0.25) is 11.9 Å². The van der Waals surface area contributed by atoms with Crippen molar-refractivity contribution >= 4 is 46.3 Å². The predicted octanol–water partition coefficient (Wildman–Crippen LogP) is 4.29. The van der Waals surface area contributed by atoms with Crippen LogP contribution in [0, 0.1) is 0 Å². The van der Waals surface area contributed by atoms with E-state index < -0.39 is 0 Å². The van der Waals surface area contributed by atoms with Crippen LogP contribution in [-0.4, -0.2) is 38.9 Å². The molecule has 1 aliphatic heterocycles. The average Bonchev–Trinajstić information content (AvgIpc) is 3.25. The van der Waals surface area contributed by atoms with Gasteiger partial charge in [0.05, 0.1) is 24.1 Å². The van der Waals surface area contributed by atoms with Crippen molar-refractivity contribution in [3.63, 3.8) is 0 Å². The van der Waals surface area contributed by atoms with Crippen LogP contribution in [0.3, 0.4) is 0 Å². The van der Waals surface area contributed by atoms with E-state index in [1.165, 1.54) is 12.3 Å². The maximum absolute atomic E-state index is 11.5. The lowest BCUT2D eigenvalue weighted by Crippen LogP contribution is -2.19. The average molecular weight is 440 g/mol. The van der Waals surface area contributed by atoms with E-state index in [1.807, 2.05) is 16.9 Å². The van der Waals surface area contributed by atoms with E-state index in [4.69, 9.17) is 16.3 Å². The molecule has 4 rings (SSSR count). The summed E-state index contributed by atoms with van der Waals surface area (Å²) in [6.07, 6.45) is 8.30. The maximum atomic E-state index is 11.5. The summed E-state index contributed by atoms with van der Waals surface area (Å²) in [5.74, 6) is 0.530. The zero-order valence-corrected chi connectivity index (χ0v) is 17.5. The maximum Gasteiger partial charge on any atom is 0.247 e. The summed E-state index contributed by atoms with van der Waals surface area (Å²) >= 11 is 6.27. The lowest BCUT2D eigenvalue weighted by Gasteiger charge is -2.22. The molecule has 1 fully saturated rings. The number of benzene rings is 1. The van der Waals surface area contributed by atoms with E-state index in [2.05, 4.69) is 37.6 Å². The van der Waals surface area contributed by atoms with Gasteiger partial charge in [-0.25, -0.2) is 4.98 Å². The molecule has 31 heavy (non-hydrogen) atoms. The number of halogens is 1. The van der Waals surface area contributed by atoms with E-state index >= 15 is 0 Å². The Morgan fingerprint density at radius 2 is 2.00 bits per heavy atom. The monoisotopic (exact) mass is 439 g/mol. The first-order chi connectivity index (χ1) is 15.1. The molecule has 160 valence electrons. The number of anilines is 5. The van der Waals surface area contributed by atoms with E-state index in [0.29, 0.717) is 34.2 Å². The zero-order chi connectivity index (χ0) is 21.6. The highest BCUT2D eigenvalue weighted by Crippen LogP contribution is 2.27. The van der Waals surface area contributed by atoms with Crippen LogP contribution in [0.25, 0.3) is 0 Å². The number of hydrogen-bond donors (Lipinski definition) is 3. The fourth-order valence-electron chi connectivity index (χ4n) is 3.20. The first-order valence-electron chi connectivity index (χ1n) is 9.82. The highest BCUT2D eigenvalue weighted by molar-refractivity contribution is 6.32. The molecular weight excluding hydrogens is 418 g/mol. The molecule has 1 amide bonds. The summed E-state index contributed by atoms with van der Waals surface area (Å²) in [5, 5.41) is 13.8. The van der Waals surface area contributed by atoms with Gasteiger partial charge >= 0.3 is 0 Å². The van der Waals surface area contributed by atoms with E-state index in [9.17, 15) is 4.79 Å². The Kier molecular flexibility index (Phi) is 6.44. The molecular formula is C21H22ClN7O2. The van der Waals surface area contributed by atoms with Crippen LogP contribution in [0.5, 0.6) is 0 Å². The molecule has 2 aromatic heterocycles. The van der Waals surface area contributed by atoms with Crippen molar-refractivity contribution in [2.45, 2.75) is 18.9 Å². The Balaban J connectivity index is 1.46. The fourth-order valence-corrected chi connectivity index (χ4v) is 3.34. The van der Waals surface area contributed by atoms with Crippen LogP contribution >= 0.6 is 11.6 Å². The lowest BCUT2D eigenvalue weighted by molar-refractivity contribution is -0.111. The summed E-state index contributed by atoms with van der Waals surface area (Å²) in [6, 6.07) is 7.52. The molecule has 1 saturated heterocycles. The Morgan fingerprint density at radius 3 is 2.81 bits per heavy atom. The largest absolute Gasteiger partial charge is 0.381 e. The van der Waals surface area contributed by atoms with E-state index in [-0.39, 0.29) is 5.91 Å². The van der Waals surface area contributed by atoms with Gasteiger partial charge in [0, 0.05) is 30.8 Å². The van der Waals surface area contributed by atoms with Crippen molar-refractivity contribution < 1.29 is 9.53 Å². The van der Waals surface area contributed by atoms with Crippen LogP contribution in [-0.2, 0) is 9.53 Å². The highest BCUT2D eigenvalue weighted by atomic mass is 35.5. The van der Waals surface area contributed by atoms with Gasteiger partial charge < -0.3 is 20.7 Å². The fraction of sp³-hybridized carbons (Fsp3) is 0.238. The molecule has 0 atom stereocenters. The van der Waals surface area contributed by atoms with Crippen LogP contribution in [0.1, 0.15) is 18.9 Å². The molecule has 1 aliphatic rings. The van der Waals surface area contributed by atoms with Crippen molar-refractivity contribution in [3.8, 4) is 0 Å². The van der Waals surface area contributed by atoms with Gasteiger partial charge in [0.15, 0.2) is 5.82 Å². The van der Waals surface area contributed by atoms with Crippen LogP contribution in [0.4, 0.5) is 28.8 Å². The van der Waals surface area contributed by atoms with Crippen LogP contribution < -0.4 is 16.0 Å². The quantitative estimate of drug-likeness (QED) is 0.471. The third-order valence-electron chi connectivity index (χ3n) is 4.74. The number of carbonyl (C=O) groups is 1. The first kappa shape index (κ1) is 20.8. The van der Waals surface area contributed by atoms with Crippen molar-refractivity contribution in [3.05, 3.63) is 60.5 Å². The zero-order valence-electron chi connectivity index (χ0n) is 16.7. The third-order valence-corrected chi connectivity index (χ3v) is 5.02. The number of rotatable bonds is 7. The van der Waals surface area contributed by atoms with Gasteiger partial charge in [-0.3, -0.25) is 9.48 Å². The summed E-state index contributed by atoms with van der Waals surface area (Å²) < 4.78 is 7.35. The summed E-state index contributed by atoms with van der Waals surface area (Å²) in [6.45, 7) is 4.95. The number of aromatic nitrogens is 4. The number of hydrogen-bond acceptors (Lipinski definition) is 7. The summed E-state index contributed by atoms with van der Waals surface area (Å²) in [7, 11) is 0. The molecule has 3 aromatic rings. The first-order valence-corrected chi connectivity index (χ1v) is 10.2.